The van der Waals surface area contributed by atoms with Crippen LogP contribution in [0.25, 0.3) is 0 Å². The summed E-state index contributed by atoms with van der Waals surface area (Å²) >= 11 is 0. The average Bonchev–Trinajstić information content (AvgIpc) is 3.21. The highest BCUT2D eigenvalue weighted by molar-refractivity contribution is 6.08. The Balaban J connectivity index is 1.68. The van der Waals surface area contributed by atoms with E-state index in [1.54, 1.807) is 49.1 Å². The van der Waals surface area contributed by atoms with Gasteiger partial charge in [-0.3, -0.25) is 9.59 Å². The lowest BCUT2D eigenvalue weighted by Crippen LogP contribution is -2.31. The smallest absolute Gasteiger partial charge is 0.243 e. The van der Waals surface area contributed by atoms with E-state index < -0.39 is 6.04 Å². The zero-order valence-electron chi connectivity index (χ0n) is 15.4. The first-order valence-corrected chi connectivity index (χ1v) is 8.77. The van der Waals surface area contributed by atoms with Crippen molar-refractivity contribution in [3.05, 3.63) is 89.7 Å². The Morgan fingerprint density at radius 3 is 2.37 bits per heavy atom. The molecule has 3 aromatic rings. The summed E-state index contributed by atoms with van der Waals surface area (Å²) in [7, 11) is 1.61. The van der Waals surface area contributed by atoms with E-state index in [0.29, 0.717) is 17.8 Å². The number of carbonyl (C=O) groups excluding carboxylic acids is 2. The van der Waals surface area contributed by atoms with Crippen LogP contribution in [0.4, 0.5) is 0 Å². The molecule has 1 aromatic heterocycles. The van der Waals surface area contributed by atoms with Gasteiger partial charge in [0.05, 0.1) is 12.8 Å². The maximum absolute atomic E-state index is 12.7. The van der Waals surface area contributed by atoms with Gasteiger partial charge in [0, 0.05) is 18.3 Å². The summed E-state index contributed by atoms with van der Waals surface area (Å²) in [5.74, 6) is 0.523. The molecule has 138 valence electrons. The van der Waals surface area contributed by atoms with Crippen LogP contribution in [-0.4, -0.2) is 23.4 Å². The van der Waals surface area contributed by atoms with E-state index in [1.807, 2.05) is 42.5 Å². The molecule has 0 saturated heterocycles. The molecule has 0 spiro atoms. The quantitative estimate of drug-likeness (QED) is 0.653. The van der Waals surface area contributed by atoms with Gasteiger partial charge in [-0.05, 0) is 36.8 Å². The Morgan fingerprint density at radius 1 is 1.00 bits per heavy atom. The molecule has 1 amide bonds. The second-order valence-corrected chi connectivity index (χ2v) is 6.24. The standard InChI is InChI=1S/C22H22N2O3/c1-16(22(26)23-15-17-10-12-19(27-2)13-11-17)24-14-6-9-20(24)21(25)18-7-4-3-5-8-18/h3-14,16H,15H2,1-2H3,(H,23,26)/t16-/m1/s1. The molecule has 3 rings (SSSR count). The molecule has 0 bridgehead atoms. The number of carbonyl (C=O) groups is 2. The normalized spacial score (nSPS) is 11.6. The van der Waals surface area contributed by atoms with E-state index in [0.717, 1.165) is 11.3 Å². The van der Waals surface area contributed by atoms with Crippen LogP contribution in [0.5, 0.6) is 5.75 Å². The number of rotatable bonds is 7. The maximum atomic E-state index is 12.7. The predicted molar refractivity (Wildman–Crippen MR) is 104 cm³/mol. The number of hydrogen-bond acceptors (Lipinski definition) is 3. The van der Waals surface area contributed by atoms with E-state index in [1.165, 1.54) is 0 Å². The zero-order chi connectivity index (χ0) is 19.2. The van der Waals surface area contributed by atoms with Crippen molar-refractivity contribution in [3.63, 3.8) is 0 Å². The van der Waals surface area contributed by atoms with Crippen LogP contribution in [0.15, 0.2) is 72.9 Å². The number of aromatic nitrogens is 1. The number of hydrogen-bond donors (Lipinski definition) is 1. The molecular formula is C22H22N2O3. The summed E-state index contributed by atoms with van der Waals surface area (Å²) in [5.41, 5.74) is 2.07. The zero-order valence-corrected chi connectivity index (χ0v) is 15.4. The molecule has 2 aromatic carbocycles. The van der Waals surface area contributed by atoms with Crippen molar-refractivity contribution in [2.75, 3.05) is 7.11 Å². The summed E-state index contributed by atoms with van der Waals surface area (Å²) in [6.45, 7) is 2.20. The fourth-order valence-corrected chi connectivity index (χ4v) is 2.87. The van der Waals surface area contributed by atoms with Crippen molar-refractivity contribution in [2.24, 2.45) is 0 Å². The van der Waals surface area contributed by atoms with E-state index in [-0.39, 0.29) is 11.7 Å². The Morgan fingerprint density at radius 2 is 1.70 bits per heavy atom. The van der Waals surface area contributed by atoms with Crippen LogP contribution >= 0.6 is 0 Å². The number of methoxy groups -OCH3 is 1. The number of nitrogens with one attached hydrogen (secondary N) is 1. The third kappa shape index (κ3) is 4.26. The van der Waals surface area contributed by atoms with Crippen LogP contribution in [0.2, 0.25) is 0 Å². The Bertz CT molecular complexity index is 914. The summed E-state index contributed by atoms with van der Waals surface area (Å²) < 4.78 is 6.84. The van der Waals surface area contributed by atoms with Gasteiger partial charge in [-0.15, -0.1) is 0 Å². The number of ether oxygens (including phenoxy) is 1. The highest BCUT2D eigenvalue weighted by atomic mass is 16.5. The number of nitrogens with zero attached hydrogens (tertiary/aromatic N) is 1. The van der Waals surface area contributed by atoms with Crippen LogP contribution in [0.1, 0.15) is 34.6 Å². The topological polar surface area (TPSA) is 60.3 Å². The molecule has 0 aliphatic carbocycles. The summed E-state index contributed by atoms with van der Waals surface area (Å²) in [4.78, 5) is 25.3. The van der Waals surface area contributed by atoms with Crippen LogP contribution < -0.4 is 10.1 Å². The van der Waals surface area contributed by atoms with Crippen molar-refractivity contribution in [3.8, 4) is 5.75 Å². The van der Waals surface area contributed by atoms with Gasteiger partial charge in [-0.2, -0.15) is 0 Å². The Hall–Kier alpha value is -3.34. The third-order valence-corrected chi connectivity index (χ3v) is 4.47. The van der Waals surface area contributed by atoms with E-state index in [4.69, 9.17) is 4.74 Å². The Kier molecular flexibility index (Phi) is 5.71. The van der Waals surface area contributed by atoms with Crippen LogP contribution in [-0.2, 0) is 11.3 Å². The fourth-order valence-electron chi connectivity index (χ4n) is 2.87. The largest absolute Gasteiger partial charge is 0.497 e. The van der Waals surface area contributed by atoms with Crippen LogP contribution in [0.3, 0.4) is 0 Å². The maximum Gasteiger partial charge on any atom is 0.243 e. The highest BCUT2D eigenvalue weighted by Crippen LogP contribution is 2.17. The molecule has 0 fully saturated rings. The molecule has 0 unspecified atom stereocenters. The van der Waals surface area contributed by atoms with Gasteiger partial charge in [0.15, 0.2) is 0 Å². The number of amides is 1. The van der Waals surface area contributed by atoms with Crippen molar-refractivity contribution < 1.29 is 14.3 Å². The SMILES string of the molecule is COc1ccc(CNC(=O)[C@@H](C)n2cccc2C(=O)c2ccccc2)cc1. The lowest BCUT2D eigenvalue weighted by molar-refractivity contribution is -0.124. The van der Waals surface area contributed by atoms with Gasteiger partial charge in [-0.25, -0.2) is 0 Å². The van der Waals surface area contributed by atoms with E-state index in [2.05, 4.69) is 5.32 Å². The molecular weight excluding hydrogens is 340 g/mol. The lowest BCUT2D eigenvalue weighted by Gasteiger charge is -2.17. The number of ketones is 1. The van der Waals surface area contributed by atoms with Crippen molar-refractivity contribution >= 4 is 11.7 Å². The molecule has 5 nitrogen and oxygen atoms in total. The van der Waals surface area contributed by atoms with Crippen molar-refractivity contribution in [1.82, 2.24) is 9.88 Å². The van der Waals surface area contributed by atoms with Gasteiger partial charge in [0.1, 0.15) is 11.8 Å². The Labute approximate surface area is 158 Å². The highest BCUT2D eigenvalue weighted by Gasteiger charge is 2.20. The van der Waals surface area contributed by atoms with Gasteiger partial charge in [-0.1, -0.05) is 42.5 Å². The average molecular weight is 362 g/mol. The third-order valence-electron chi connectivity index (χ3n) is 4.47. The van der Waals surface area contributed by atoms with Gasteiger partial charge in [0.25, 0.3) is 0 Å². The second-order valence-electron chi connectivity index (χ2n) is 6.24. The van der Waals surface area contributed by atoms with Gasteiger partial charge >= 0.3 is 0 Å². The molecule has 27 heavy (non-hydrogen) atoms. The predicted octanol–water partition coefficient (Wildman–Crippen LogP) is 3.61. The van der Waals surface area contributed by atoms with Crippen molar-refractivity contribution in [2.45, 2.75) is 19.5 Å². The molecule has 1 N–H and O–H groups in total. The van der Waals surface area contributed by atoms with Crippen LogP contribution in [0, 0.1) is 0 Å². The van der Waals surface area contributed by atoms with E-state index in [9.17, 15) is 9.59 Å². The van der Waals surface area contributed by atoms with E-state index >= 15 is 0 Å². The number of benzene rings is 2. The second kappa shape index (κ2) is 8.36. The monoisotopic (exact) mass is 362 g/mol. The fraction of sp³-hybridized carbons (Fsp3) is 0.182. The minimum atomic E-state index is -0.499. The summed E-state index contributed by atoms with van der Waals surface area (Å²) in [6.07, 6.45) is 1.76. The molecule has 5 heteroatoms. The first-order chi connectivity index (χ1) is 13.1. The molecule has 1 atom stereocenters. The lowest BCUT2D eigenvalue weighted by atomic mass is 10.1. The summed E-state index contributed by atoms with van der Waals surface area (Å²) in [5, 5.41) is 2.92. The first kappa shape index (κ1) is 18.5. The first-order valence-electron chi connectivity index (χ1n) is 8.77. The van der Waals surface area contributed by atoms with Gasteiger partial charge < -0.3 is 14.6 Å². The molecule has 1 heterocycles. The molecule has 0 saturated carbocycles. The molecule has 0 radical (unpaired) electrons. The minimum absolute atomic E-state index is 0.101. The molecule has 0 aliphatic heterocycles. The summed E-state index contributed by atoms with van der Waals surface area (Å²) in [6, 6.07) is 19.6. The van der Waals surface area contributed by atoms with Gasteiger partial charge in [0.2, 0.25) is 11.7 Å². The minimum Gasteiger partial charge on any atom is -0.497 e. The molecule has 0 aliphatic rings. The van der Waals surface area contributed by atoms with Crippen molar-refractivity contribution in [1.29, 1.82) is 0 Å².